The molecule has 0 spiro atoms. The first-order valence-corrected chi connectivity index (χ1v) is 7.97. The lowest BCUT2D eigenvalue weighted by Gasteiger charge is -2.26. The molecule has 0 saturated heterocycles. The van der Waals surface area contributed by atoms with Gasteiger partial charge in [-0.25, -0.2) is 9.48 Å². The molecule has 0 bridgehead atoms. The van der Waals surface area contributed by atoms with Gasteiger partial charge in [0.2, 0.25) is 0 Å². The smallest absolute Gasteiger partial charge is 0.359 e. The van der Waals surface area contributed by atoms with Gasteiger partial charge in [-0.15, -0.1) is 11.3 Å². The number of fused-ring (bicyclic) bond motifs is 1. The highest BCUT2D eigenvalue weighted by Gasteiger charge is 2.22. The van der Waals surface area contributed by atoms with Gasteiger partial charge < -0.3 is 9.64 Å². The van der Waals surface area contributed by atoms with Gasteiger partial charge in [0.05, 0.1) is 0 Å². The van der Waals surface area contributed by atoms with Gasteiger partial charge in [-0.2, -0.15) is 5.10 Å². The lowest BCUT2D eigenvalue weighted by Crippen LogP contribution is -2.38. The fourth-order valence-electron chi connectivity index (χ4n) is 2.37. The van der Waals surface area contributed by atoms with Gasteiger partial charge >= 0.3 is 5.97 Å². The molecule has 23 heavy (non-hydrogen) atoms. The summed E-state index contributed by atoms with van der Waals surface area (Å²) in [5.41, 5.74) is 0.830. The fraction of sp³-hybridized carbons (Fsp3) is 0.333. The average molecular weight is 333 g/mol. The molecule has 0 N–H and O–H groups in total. The van der Waals surface area contributed by atoms with E-state index >= 15 is 0 Å². The lowest BCUT2D eigenvalue weighted by atomic mass is 10.1. The van der Waals surface area contributed by atoms with Crippen LogP contribution in [0.1, 0.15) is 20.9 Å². The maximum absolute atomic E-state index is 12.2. The van der Waals surface area contributed by atoms with E-state index in [1.165, 1.54) is 24.1 Å². The molecule has 0 saturated carbocycles. The van der Waals surface area contributed by atoms with Crippen LogP contribution in [-0.4, -0.2) is 39.7 Å². The van der Waals surface area contributed by atoms with Crippen molar-refractivity contribution < 1.29 is 14.3 Å². The van der Waals surface area contributed by atoms with E-state index < -0.39 is 5.97 Å². The summed E-state index contributed by atoms with van der Waals surface area (Å²) in [7, 11) is 1.44. The molecular weight excluding hydrogens is 318 g/mol. The zero-order valence-electron chi connectivity index (χ0n) is 12.5. The quantitative estimate of drug-likeness (QED) is 0.768. The minimum atomic E-state index is -0.720. The minimum absolute atomic E-state index is 0.00124. The summed E-state index contributed by atoms with van der Waals surface area (Å²) >= 11 is 1.70. The number of carbonyl (C=O) groups is 2. The van der Waals surface area contributed by atoms with Crippen LogP contribution in [0.2, 0.25) is 0 Å². The van der Waals surface area contributed by atoms with Crippen molar-refractivity contribution in [3.63, 3.8) is 0 Å². The van der Waals surface area contributed by atoms with Crippen LogP contribution in [-0.2, 0) is 29.5 Å². The van der Waals surface area contributed by atoms with Crippen molar-refractivity contribution in [1.29, 1.82) is 0 Å². The summed E-state index contributed by atoms with van der Waals surface area (Å²) in [6.07, 6.45) is 0.828. The molecule has 8 heteroatoms. The number of aryl methyl sites for hydroxylation is 1. The van der Waals surface area contributed by atoms with Gasteiger partial charge in [0.15, 0.2) is 12.3 Å². The van der Waals surface area contributed by atoms with Crippen molar-refractivity contribution in [1.82, 2.24) is 14.7 Å². The Morgan fingerprint density at radius 3 is 2.96 bits per heavy atom. The Balaban J connectivity index is 1.58. The second-order valence-electron chi connectivity index (χ2n) is 5.19. The Hall–Kier alpha value is -2.48. The third kappa shape index (κ3) is 3.31. The number of hydrogen-bond donors (Lipinski definition) is 0. The fourth-order valence-corrected chi connectivity index (χ4v) is 3.25. The van der Waals surface area contributed by atoms with Crippen LogP contribution in [0.5, 0.6) is 0 Å². The molecule has 120 valence electrons. The first-order chi connectivity index (χ1) is 11.0. The Morgan fingerprint density at radius 1 is 1.35 bits per heavy atom. The molecule has 0 aromatic carbocycles. The molecule has 0 radical (unpaired) electrons. The average Bonchev–Trinajstić information content (AvgIpc) is 3.02. The summed E-state index contributed by atoms with van der Waals surface area (Å²) in [6, 6.07) is 4.53. The van der Waals surface area contributed by atoms with Crippen LogP contribution in [0, 0.1) is 0 Å². The molecule has 0 fully saturated rings. The van der Waals surface area contributed by atoms with Crippen molar-refractivity contribution in [2.24, 2.45) is 7.05 Å². The second kappa shape index (κ2) is 6.33. The number of aromatic nitrogens is 2. The van der Waals surface area contributed by atoms with E-state index in [1.807, 2.05) is 11.4 Å². The van der Waals surface area contributed by atoms with Crippen molar-refractivity contribution in [2.75, 3.05) is 13.2 Å². The Labute approximate surface area is 136 Å². The van der Waals surface area contributed by atoms with Crippen LogP contribution < -0.4 is 5.56 Å². The Bertz CT molecular complexity index is 811. The number of carbonyl (C=O) groups excluding carboxylic acids is 2. The monoisotopic (exact) mass is 333 g/mol. The maximum atomic E-state index is 12.2. The summed E-state index contributed by atoms with van der Waals surface area (Å²) in [6.45, 7) is 0.845. The van der Waals surface area contributed by atoms with Gasteiger partial charge in [-0.05, 0) is 29.5 Å². The van der Waals surface area contributed by atoms with Crippen molar-refractivity contribution in [3.8, 4) is 0 Å². The van der Waals surface area contributed by atoms with E-state index in [0.29, 0.717) is 13.1 Å². The maximum Gasteiger partial charge on any atom is 0.359 e. The summed E-state index contributed by atoms with van der Waals surface area (Å²) in [5.74, 6) is -0.956. The van der Waals surface area contributed by atoms with Crippen LogP contribution in [0.25, 0.3) is 0 Å². The van der Waals surface area contributed by atoms with Gasteiger partial charge in [-0.3, -0.25) is 9.59 Å². The first-order valence-electron chi connectivity index (χ1n) is 7.09. The zero-order chi connectivity index (χ0) is 16.4. The number of esters is 1. The highest BCUT2D eigenvalue weighted by molar-refractivity contribution is 7.10. The molecule has 0 aliphatic carbocycles. The van der Waals surface area contributed by atoms with E-state index in [1.54, 1.807) is 16.2 Å². The van der Waals surface area contributed by atoms with E-state index in [9.17, 15) is 14.4 Å². The van der Waals surface area contributed by atoms with Gasteiger partial charge in [-0.1, -0.05) is 0 Å². The largest absolute Gasteiger partial charge is 0.451 e. The molecule has 1 aliphatic rings. The Kier molecular flexibility index (Phi) is 4.24. The zero-order valence-corrected chi connectivity index (χ0v) is 13.3. The molecule has 2 aromatic heterocycles. The van der Waals surface area contributed by atoms with Crippen molar-refractivity contribution >= 4 is 23.2 Å². The second-order valence-corrected chi connectivity index (χ2v) is 6.19. The lowest BCUT2D eigenvalue weighted by molar-refractivity contribution is -0.135. The molecule has 1 aliphatic heterocycles. The number of thiophene rings is 1. The molecule has 2 aromatic rings. The van der Waals surface area contributed by atoms with E-state index in [2.05, 4.69) is 5.10 Å². The van der Waals surface area contributed by atoms with Crippen LogP contribution >= 0.6 is 11.3 Å². The van der Waals surface area contributed by atoms with Crippen LogP contribution in [0.3, 0.4) is 0 Å². The molecule has 0 atom stereocenters. The number of amides is 1. The molecule has 3 rings (SSSR count). The third-order valence-corrected chi connectivity index (χ3v) is 4.68. The predicted octanol–water partition coefficient (Wildman–Crippen LogP) is 0.584. The van der Waals surface area contributed by atoms with Crippen LogP contribution in [0.15, 0.2) is 28.4 Å². The van der Waals surface area contributed by atoms with Crippen molar-refractivity contribution in [3.05, 3.63) is 50.1 Å². The number of hydrogen-bond acceptors (Lipinski definition) is 6. The molecule has 7 nitrogen and oxygen atoms in total. The van der Waals surface area contributed by atoms with Crippen molar-refractivity contribution in [2.45, 2.75) is 13.0 Å². The first kappa shape index (κ1) is 15.4. The highest BCUT2D eigenvalue weighted by atomic mass is 32.1. The number of nitrogens with zero attached hydrogens (tertiary/aromatic N) is 3. The summed E-state index contributed by atoms with van der Waals surface area (Å²) in [4.78, 5) is 38.3. The standard InChI is InChI=1S/C15H15N3O4S/c1-17-13(19)3-2-11(16-17)15(21)22-9-14(20)18-6-4-12-10(8-18)5-7-23-12/h2-3,5,7H,4,6,8-9H2,1H3. The molecule has 0 unspecified atom stereocenters. The molecule has 3 heterocycles. The third-order valence-electron chi connectivity index (χ3n) is 3.66. The SMILES string of the molecule is Cn1nc(C(=O)OCC(=O)N2CCc3sccc3C2)ccc1=O. The summed E-state index contributed by atoms with van der Waals surface area (Å²) in [5, 5.41) is 5.81. The van der Waals surface area contributed by atoms with E-state index in [4.69, 9.17) is 4.74 Å². The molecule has 1 amide bonds. The number of rotatable bonds is 3. The number of ether oxygens (including phenoxy) is 1. The molecular formula is C15H15N3O4S. The van der Waals surface area contributed by atoms with Gasteiger partial charge in [0, 0.05) is 31.1 Å². The predicted molar refractivity (Wildman–Crippen MR) is 83.2 cm³/mol. The van der Waals surface area contributed by atoms with Crippen LogP contribution in [0.4, 0.5) is 0 Å². The normalized spacial score (nSPS) is 13.5. The van der Waals surface area contributed by atoms with Gasteiger partial charge in [0.25, 0.3) is 11.5 Å². The van der Waals surface area contributed by atoms with E-state index in [0.717, 1.165) is 16.7 Å². The van der Waals surface area contributed by atoms with E-state index in [-0.39, 0.29) is 23.8 Å². The minimum Gasteiger partial charge on any atom is -0.451 e. The van der Waals surface area contributed by atoms with Gasteiger partial charge in [0.1, 0.15) is 0 Å². The summed E-state index contributed by atoms with van der Waals surface area (Å²) < 4.78 is 6.04. The topological polar surface area (TPSA) is 81.5 Å². The highest BCUT2D eigenvalue weighted by Crippen LogP contribution is 2.23. The Morgan fingerprint density at radius 2 is 2.17 bits per heavy atom.